The lowest BCUT2D eigenvalue weighted by molar-refractivity contribution is 0.368. The van der Waals surface area contributed by atoms with E-state index in [-0.39, 0.29) is 0 Å². The van der Waals surface area contributed by atoms with Crippen molar-refractivity contribution in [2.75, 3.05) is 0 Å². The zero-order chi connectivity index (χ0) is 12.0. The smallest absolute Gasteiger partial charge is 0.418 e. The highest BCUT2D eigenvalue weighted by molar-refractivity contribution is 6.50. The van der Waals surface area contributed by atoms with E-state index in [4.69, 9.17) is 0 Å². The lowest BCUT2D eigenvalue weighted by atomic mass is 10.3. The minimum atomic E-state index is -6.00. The first-order chi connectivity index (χ1) is 7.45. The van der Waals surface area contributed by atoms with Crippen LogP contribution in [0.3, 0.4) is 0 Å². The van der Waals surface area contributed by atoms with Crippen LogP contribution < -0.4 is 0 Å². The second kappa shape index (κ2) is 5.44. The summed E-state index contributed by atoms with van der Waals surface area (Å²) < 4.78 is 39.0. The first kappa shape index (κ1) is 12.4. The summed E-state index contributed by atoms with van der Waals surface area (Å²) in [4.78, 5) is 0. The van der Waals surface area contributed by atoms with Crippen LogP contribution in [0.5, 0.6) is 0 Å². The number of halogens is 4. The summed E-state index contributed by atoms with van der Waals surface area (Å²) >= 11 is 0. The van der Waals surface area contributed by atoms with Crippen LogP contribution in [-0.2, 0) is 0 Å². The molecule has 0 atom stereocenters. The molecule has 0 unspecified atom stereocenters. The van der Waals surface area contributed by atoms with E-state index in [1.165, 1.54) is 10.8 Å². The standard InChI is InChI=1S/C11H9.BF4/c1-2-6-11-8-4-3-7-10(5-1)9-11;2-1(3,4)5/h1-9H;/q+1;-1. The molecule has 0 aliphatic rings. The van der Waals surface area contributed by atoms with Crippen LogP contribution >= 0.6 is 0 Å². The maximum atomic E-state index is 9.75. The largest absolute Gasteiger partial charge is 0.673 e. The predicted octanol–water partition coefficient (Wildman–Crippen LogP) is 4.42. The Morgan fingerprint density at radius 1 is 0.688 bits per heavy atom. The van der Waals surface area contributed by atoms with Crippen molar-refractivity contribution in [1.29, 1.82) is 0 Å². The zero-order valence-electron chi connectivity index (χ0n) is 8.29. The van der Waals surface area contributed by atoms with Crippen molar-refractivity contribution in [1.82, 2.24) is 0 Å². The third kappa shape index (κ3) is 5.96. The summed E-state index contributed by atoms with van der Waals surface area (Å²) in [6.45, 7) is 0. The molecule has 2 aromatic carbocycles. The van der Waals surface area contributed by atoms with E-state index in [0.29, 0.717) is 0 Å². The molecule has 84 valence electrons. The molecule has 0 saturated carbocycles. The Labute approximate surface area is 90.6 Å². The Bertz CT molecular complexity index is 387. The summed E-state index contributed by atoms with van der Waals surface area (Å²) in [5.74, 6) is 0. The van der Waals surface area contributed by atoms with Crippen molar-refractivity contribution in [2.45, 2.75) is 0 Å². The van der Waals surface area contributed by atoms with Crippen LogP contribution in [0, 0.1) is 0 Å². The first-order valence-corrected chi connectivity index (χ1v) is 4.60. The Morgan fingerprint density at radius 2 is 0.938 bits per heavy atom. The summed E-state index contributed by atoms with van der Waals surface area (Å²) in [5, 5.41) is 2.52. The molecule has 0 fully saturated rings. The van der Waals surface area contributed by atoms with E-state index in [9.17, 15) is 17.3 Å². The fourth-order valence-electron chi connectivity index (χ4n) is 1.16. The van der Waals surface area contributed by atoms with Crippen molar-refractivity contribution in [3.05, 3.63) is 54.6 Å². The topological polar surface area (TPSA) is 0 Å². The van der Waals surface area contributed by atoms with Crippen LogP contribution in [0.2, 0.25) is 0 Å². The summed E-state index contributed by atoms with van der Waals surface area (Å²) in [6, 6.07) is 18.8. The van der Waals surface area contributed by atoms with Crippen LogP contribution in [0.4, 0.5) is 17.3 Å². The van der Waals surface area contributed by atoms with E-state index < -0.39 is 7.25 Å². The zero-order valence-corrected chi connectivity index (χ0v) is 8.29. The third-order valence-electron chi connectivity index (χ3n) is 1.71. The van der Waals surface area contributed by atoms with Crippen molar-refractivity contribution in [3.8, 4) is 0 Å². The molecule has 16 heavy (non-hydrogen) atoms. The van der Waals surface area contributed by atoms with Crippen LogP contribution in [0.25, 0.3) is 10.8 Å². The molecule has 0 amide bonds. The fourth-order valence-corrected chi connectivity index (χ4v) is 1.16. The lowest BCUT2D eigenvalue weighted by Gasteiger charge is -1.94. The molecule has 0 spiro atoms. The molecule has 0 saturated heterocycles. The number of hydrogen-bond acceptors (Lipinski definition) is 0. The SMILES string of the molecule is F[B-](F)(F)F.c1ccc2ccccc(c1)[cH+]2. The van der Waals surface area contributed by atoms with Crippen molar-refractivity contribution in [2.24, 2.45) is 0 Å². The quantitative estimate of drug-likeness (QED) is 0.355. The van der Waals surface area contributed by atoms with Gasteiger partial charge in [0.25, 0.3) is 0 Å². The van der Waals surface area contributed by atoms with Gasteiger partial charge in [-0.2, -0.15) is 0 Å². The normalized spacial score (nSPS) is 10.5. The monoisotopic (exact) mass is 228 g/mol. The van der Waals surface area contributed by atoms with Crippen LogP contribution in [0.15, 0.2) is 54.6 Å². The molecule has 0 heterocycles. The van der Waals surface area contributed by atoms with Gasteiger partial charge in [0, 0.05) is 30.3 Å². The number of rotatable bonds is 0. The highest BCUT2D eigenvalue weighted by Crippen LogP contribution is 2.07. The second-order valence-electron chi connectivity index (χ2n) is 3.08. The van der Waals surface area contributed by atoms with Crippen molar-refractivity contribution >= 4 is 18.0 Å². The second-order valence-corrected chi connectivity index (χ2v) is 3.08. The predicted molar refractivity (Wildman–Crippen MR) is 58.5 cm³/mol. The average molecular weight is 228 g/mol. The molecule has 0 aromatic heterocycles. The summed E-state index contributed by atoms with van der Waals surface area (Å²) in [7, 11) is -6.00. The minimum absolute atomic E-state index is 1.26. The Kier molecular flexibility index (Phi) is 4.23. The van der Waals surface area contributed by atoms with Crippen molar-refractivity contribution < 1.29 is 17.3 Å². The molecule has 0 N–H and O–H groups in total. The van der Waals surface area contributed by atoms with Gasteiger partial charge in [-0.3, -0.25) is 0 Å². The van der Waals surface area contributed by atoms with E-state index >= 15 is 0 Å². The van der Waals surface area contributed by atoms with Crippen molar-refractivity contribution in [3.63, 3.8) is 0 Å². The summed E-state index contributed by atoms with van der Waals surface area (Å²) in [6.07, 6.45) is 0. The Hall–Kier alpha value is -1.65. The Morgan fingerprint density at radius 3 is 1.19 bits per heavy atom. The lowest BCUT2D eigenvalue weighted by Crippen LogP contribution is -2.02. The van der Waals surface area contributed by atoms with Gasteiger partial charge in [-0.25, -0.2) is 0 Å². The molecule has 0 aliphatic heterocycles. The molecular weight excluding hydrogens is 219 g/mol. The van der Waals surface area contributed by atoms with Crippen LogP contribution in [0.1, 0.15) is 0 Å². The molecule has 2 bridgehead atoms. The van der Waals surface area contributed by atoms with Crippen LogP contribution in [-0.4, -0.2) is 7.25 Å². The molecule has 0 radical (unpaired) electrons. The Balaban J connectivity index is 0.000000221. The van der Waals surface area contributed by atoms with E-state index in [1.54, 1.807) is 0 Å². The molecule has 2 aromatic rings. The fraction of sp³-hybridized carbons (Fsp3) is 0. The molecule has 2 rings (SSSR count). The molecule has 5 heteroatoms. The maximum Gasteiger partial charge on any atom is 0.673 e. The van der Waals surface area contributed by atoms with Gasteiger partial charge in [0.05, 0.1) is 10.8 Å². The van der Waals surface area contributed by atoms with Gasteiger partial charge in [-0.05, 0) is 24.3 Å². The highest BCUT2D eigenvalue weighted by atomic mass is 19.5. The van der Waals surface area contributed by atoms with E-state index in [0.717, 1.165) is 0 Å². The van der Waals surface area contributed by atoms with E-state index in [2.05, 4.69) is 54.6 Å². The van der Waals surface area contributed by atoms with Gasteiger partial charge in [0.1, 0.15) is 0 Å². The average Bonchev–Trinajstić information content (AvgIpc) is 2.48. The van der Waals surface area contributed by atoms with Gasteiger partial charge in [-0.1, -0.05) is 0 Å². The highest BCUT2D eigenvalue weighted by Gasteiger charge is 2.20. The van der Waals surface area contributed by atoms with Gasteiger partial charge in [0.15, 0.2) is 0 Å². The molecule has 0 aliphatic carbocycles. The summed E-state index contributed by atoms with van der Waals surface area (Å²) in [5.41, 5.74) is 0. The maximum absolute atomic E-state index is 9.75. The van der Waals surface area contributed by atoms with Gasteiger partial charge < -0.3 is 17.3 Å². The van der Waals surface area contributed by atoms with Gasteiger partial charge in [0.2, 0.25) is 0 Å². The van der Waals surface area contributed by atoms with Gasteiger partial charge >= 0.3 is 7.25 Å². The minimum Gasteiger partial charge on any atom is -0.418 e. The molecule has 0 nitrogen and oxygen atoms in total. The van der Waals surface area contributed by atoms with E-state index in [1.807, 2.05) is 0 Å². The number of hydrogen-bond donors (Lipinski definition) is 0. The third-order valence-corrected chi connectivity index (χ3v) is 1.71. The number of fused-ring (bicyclic) bond motifs is 2. The van der Waals surface area contributed by atoms with Gasteiger partial charge in [-0.15, -0.1) is 0 Å². The molecular formula is C11H9BF4. The first-order valence-electron chi connectivity index (χ1n) is 4.60.